The lowest BCUT2D eigenvalue weighted by Crippen LogP contribution is -2.36. The lowest BCUT2D eigenvalue weighted by molar-refractivity contribution is -0.139. The summed E-state index contributed by atoms with van der Waals surface area (Å²) in [5.41, 5.74) is 0.350. The molecule has 46 heavy (non-hydrogen) atoms. The van der Waals surface area contributed by atoms with E-state index in [1.165, 1.54) is 19.2 Å². The van der Waals surface area contributed by atoms with Crippen LogP contribution in [0.3, 0.4) is 0 Å². The van der Waals surface area contributed by atoms with Crippen molar-refractivity contribution in [3.8, 4) is 11.6 Å². The molecule has 2 aliphatic rings. The van der Waals surface area contributed by atoms with Gasteiger partial charge < -0.3 is 23.9 Å². The van der Waals surface area contributed by atoms with Crippen LogP contribution in [0.4, 0.5) is 22.0 Å². The summed E-state index contributed by atoms with van der Waals surface area (Å²) in [6, 6.07) is 4.92. The lowest BCUT2D eigenvalue weighted by atomic mass is 9.97. The van der Waals surface area contributed by atoms with Crippen LogP contribution < -0.4 is 9.47 Å². The van der Waals surface area contributed by atoms with Gasteiger partial charge in [-0.15, -0.1) is 0 Å². The monoisotopic (exact) mass is 666 g/mol. The fourth-order valence-electron chi connectivity index (χ4n) is 5.75. The van der Waals surface area contributed by atoms with Crippen LogP contribution in [0.25, 0.3) is 11.0 Å². The van der Waals surface area contributed by atoms with E-state index in [0.29, 0.717) is 53.6 Å². The van der Waals surface area contributed by atoms with Crippen molar-refractivity contribution in [3.05, 3.63) is 80.8 Å². The fraction of sp³-hybridized carbons (Fsp3) is 0.387. The van der Waals surface area contributed by atoms with Gasteiger partial charge in [-0.05, 0) is 55.7 Å². The highest BCUT2D eigenvalue weighted by atomic mass is 35.5. The predicted molar refractivity (Wildman–Crippen MR) is 155 cm³/mol. The number of carbonyl (C=O) groups is 1. The number of imidazole rings is 1. The first-order chi connectivity index (χ1) is 21.8. The predicted octanol–water partition coefficient (Wildman–Crippen LogP) is 6.58. The van der Waals surface area contributed by atoms with Gasteiger partial charge in [0.2, 0.25) is 5.88 Å². The molecule has 0 amide bonds. The van der Waals surface area contributed by atoms with Crippen LogP contribution in [0.1, 0.15) is 58.0 Å². The van der Waals surface area contributed by atoms with E-state index in [9.17, 15) is 31.9 Å². The molecule has 0 radical (unpaired) electrons. The molecule has 0 spiro atoms. The van der Waals surface area contributed by atoms with Crippen molar-refractivity contribution in [1.82, 2.24) is 19.4 Å². The Kier molecular flexibility index (Phi) is 8.55. The van der Waals surface area contributed by atoms with Crippen molar-refractivity contribution >= 4 is 28.6 Å². The molecule has 4 heterocycles. The molecule has 0 saturated carbocycles. The average Bonchev–Trinajstić information content (AvgIpc) is 3.32. The van der Waals surface area contributed by atoms with Gasteiger partial charge in [0.15, 0.2) is 0 Å². The van der Waals surface area contributed by atoms with Gasteiger partial charge >= 0.3 is 12.1 Å². The Balaban J connectivity index is 1.33. The second-order valence-corrected chi connectivity index (χ2v) is 11.6. The Morgan fingerprint density at radius 3 is 2.57 bits per heavy atom. The zero-order valence-electron chi connectivity index (χ0n) is 24.6. The molecule has 244 valence electrons. The second kappa shape index (κ2) is 12.3. The van der Waals surface area contributed by atoms with Gasteiger partial charge in [0, 0.05) is 18.7 Å². The normalized spacial score (nSPS) is 18.3. The van der Waals surface area contributed by atoms with Crippen molar-refractivity contribution in [3.63, 3.8) is 0 Å². The van der Waals surface area contributed by atoms with Gasteiger partial charge in [0.1, 0.15) is 40.9 Å². The molecular formula is C31H28ClF5N4O5. The summed E-state index contributed by atoms with van der Waals surface area (Å²) in [5, 5.41) is 9.21. The highest BCUT2D eigenvalue weighted by Crippen LogP contribution is 2.40. The first kappa shape index (κ1) is 32.0. The van der Waals surface area contributed by atoms with E-state index in [-0.39, 0.29) is 30.2 Å². The third kappa shape index (κ3) is 6.08. The minimum Gasteiger partial charge on any atom is -0.494 e. The summed E-state index contributed by atoms with van der Waals surface area (Å²) in [7, 11) is 1.43. The van der Waals surface area contributed by atoms with Gasteiger partial charge in [-0.2, -0.15) is 13.2 Å². The maximum atomic E-state index is 14.4. The molecule has 15 heteroatoms. The third-order valence-corrected chi connectivity index (χ3v) is 8.65. The number of rotatable bonds is 9. The average molecular weight is 667 g/mol. The number of methoxy groups -OCH3 is 1. The Morgan fingerprint density at radius 2 is 1.91 bits per heavy atom. The van der Waals surface area contributed by atoms with Crippen LogP contribution in [0.15, 0.2) is 30.3 Å². The number of alkyl halides is 3. The van der Waals surface area contributed by atoms with Gasteiger partial charge in [-0.1, -0.05) is 11.6 Å². The highest BCUT2D eigenvalue weighted by molar-refractivity contribution is 6.30. The summed E-state index contributed by atoms with van der Waals surface area (Å²) in [5.74, 6) is -2.87. The standard InChI is InChI=1S/C31H28ClF5N4O5/c1-15-27-16(7-20(31(35,36)37)29(39-27)46-14-18-8-23(34)21(32)11-22(18)33)3-5-40(15)13-26-38-28-24(41(26)12-19-4-6-45-19)9-17(30(42)43)10-25(28)44-2/h7-11,15,19H,3-6,12-14H2,1-2H3,(H,42,43)/t15-,19-/m0/s1. The first-order valence-electron chi connectivity index (χ1n) is 14.4. The van der Waals surface area contributed by atoms with E-state index in [1.54, 1.807) is 6.92 Å². The Hall–Kier alpha value is -4.01. The minimum absolute atomic E-state index is 0.0327. The number of fused-ring (bicyclic) bond motifs is 2. The van der Waals surface area contributed by atoms with E-state index >= 15 is 0 Å². The number of benzene rings is 2. The smallest absolute Gasteiger partial charge is 0.421 e. The van der Waals surface area contributed by atoms with Crippen LogP contribution in [0, 0.1) is 11.6 Å². The largest absolute Gasteiger partial charge is 0.494 e. The quantitative estimate of drug-likeness (QED) is 0.158. The van der Waals surface area contributed by atoms with Gasteiger partial charge in [-0.3, -0.25) is 4.90 Å². The van der Waals surface area contributed by atoms with E-state index < -0.39 is 52.9 Å². The van der Waals surface area contributed by atoms with E-state index in [1.807, 2.05) is 9.47 Å². The number of hydrogen-bond donors (Lipinski definition) is 1. The van der Waals surface area contributed by atoms with Gasteiger partial charge in [0.05, 0.1) is 54.1 Å². The van der Waals surface area contributed by atoms with Crippen molar-refractivity contribution in [2.24, 2.45) is 0 Å². The number of pyridine rings is 1. The molecule has 2 aromatic carbocycles. The molecule has 1 fully saturated rings. The molecule has 2 atom stereocenters. The van der Waals surface area contributed by atoms with Crippen LogP contribution >= 0.6 is 11.6 Å². The molecule has 0 aliphatic carbocycles. The topological polar surface area (TPSA) is 98.9 Å². The molecule has 6 rings (SSSR count). The molecule has 0 bridgehead atoms. The number of nitrogens with zero attached hydrogens (tertiary/aromatic N) is 4. The second-order valence-electron chi connectivity index (χ2n) is 11.2. The molecule has 2 aromatic heterocycles. The first-order valence-corrected chi connectivity index (χ1v) is 14.7. The maximum absolute atomic E-state index is 14.4. The summed E-state index contributed by atoms with van der Waals surface area (Å²) in [6.45, 7) is 2.75. The Labute approximate surface area is 264 Å². The summed E-state index contributed by atoms with van der Waals surface area (Å²) < 4.78 is 88.9. The van der Waals surface area contributed by atoms with Crippen LogP contribution in [0.5, 0.6) is 11.6 Å². The zero-order valence-corrected chi connectivity index (χ0v) is 25.4. The molecule has 1 N–H and O–H groups in total. The highest BCUT2D eigenvalue weighted by Gasteiger charge is 2.39. The Morgan fingerprint density at radius 1 is 1.15 bits per heavy atom. The van der Waals surface area contributed by atoms with Gasteiger partial charge in [0.25, 0.3) is 0 Å². The number of hydrogen-bond acceptors (Lipinski definition) is 7. The molecule has 9 nitrogen and oxygen atoms in total. The van der Waals surface area contributed by atoms with Crippen molar-refractivity contribution in [2.75, 3.05) is 20.3 Å². The third-order valence-electron chi connectivity index (χ3n) is 8.36. The van der Waals surface area contributed by atoms with Crippen LogP contribution in [0.2, 0.25) is 5.02 Å². The number of carboxylic acids is 1. The summed E-state index contributed by atoms with van der Waals surface area (Å²) in [4.78, 5) is 22.9. The molecule has 2 aliphatic heterocycles. The molecule has 0 unspecified atom stereocenters. The van der Waals surface area contributed by atoms with E-state index in [4.69, 9.17) is 30.8 Å². The molecular weight excluding hydrogens is 639 g/mol. The zero-order chi connectivity index (χ0) is 32.9. The van der Waals surface area contributed by atoms with E-state index in [0.717, 1.165) is 24.6 Å². The lowest BCUT2D eigenvalue weighted by Gasteiger charge is -2.35. The van der Waals surface area contributed by atoms with Crippen LogP contribution in [-0.2, 0) is 37.0 Å². The van der Waals surface area contributed by atoms with E-state index in [2.05, 4.69) is 4.98 Å². The molecule has 1 saturated heterocycles. The summed E-state index contributed by atoms with van der Waals surface area (Å²) in [6.07, 6.45) is -3.84. The van der Waals surface area contributed by atoms with Crippen molar-refractivity contribution in [1.29, 1.82) is 0 Å². The molecule has 4 aromatic rings. The number of ether oxygens (including phenoxy) is 3. The fourth-order valence-corrected chi connectivity index (χ4v) is 5.90. The maximum Gasteiger partial charge on any atom is 0.421 e. The van der Waals surface area contributed by atoms with Gasteiger partial charge in [-0.25, -0.2) is 23.5 Å². The SMILES string of the molecule is COc1cc(C(=O)O)cc2c1nc(CN1CCc3cc(C(F)(F)F)c(OCc4cc(F)c(Cl)cc4F)nc3[C@@H]1C)n2C[C@@H]1CCO1. The Bertz CT molecular complexity index is 1830. The van der Waals surface area contributed by atoms with Crippen molar-refractivity contribution in [2.45, 2.75) is 57.8 Å². The summed E-state index contributed by atoms with van der Waals surface area (Å²) >= 11 is 5.59. The minimum atomic E-state index is -4.82. The number of carboxylic acid groups (broad SMARTS) is 1. The van der Waals surface area contributed by atoms with Crippen LogP contribution in [-0.4, -0.2) is 56.9 Å². The van der Waals surface area contributed by atoms with Crippen molar-refractivity contribution < 1.29 is 46.1 Å². The number of aromatic carboxylic acids is 1. The number of aromatic nitrogens is 3. The number of halogens is 6.